The smallest absolute Gasteiger partial charge is 0.115 e. The SMILES string of the molecule is Cc1ccc(N)c(C)c1.Oc1ccccc1. The van der Waals surface area contributed by atoms with Crippen molar-refractivity contribution in [1.29, 1.82) is 0 Å². The second-order valence-corrected chi connectivity index (χ2v) is 3.70. The largest absolute Gasteiger partial charge is 0.508 e. The summed E-state index contributed by atoms with van der Waals surface area (Å²) >= 11 is 0. The average Bonchev–Trinajstić information content (AvgIpc) is 2.26. The summed E-state index contributed by atoms with van der Waals surface area (Å²) in [5.74, 6) is 0.322. The maximum Gasteiger partial charge on any atom is 0.115 e. The van der Waals surface area contributed by atoms with Crippen molar-refractivity contribution in [2.24, 2.45) is 0 Å². The van der Waals surface area contributed by atoms with Crippen molar-refractivity contribution in [2.75, 3.05) is 5.73 Å². The first-order valence-electron chi connectivity index (χ1n) is 5.16. The Morgan fingerprint density at radius 3 is 1.94 bits per heavy atom. The molecular formula is C14H17NO. The van der Waals surface area contributed by atoms with E-state index in [0.29, 0.717) is 5.75 Å². The number of anilines is 1. The number of nitrogens with two attached hydrogens (primary N) is 1. The predicted molar refractivity (Wildman–Crippen MR) is 68.4 cm³/mol. The lowest BCUT2D eigenvalue weighted by Gasteiger charge is -1.98. The molecule has 2 rings (SSSR count). The van der Waals surface area contributed by atoms with Crippen molar-refractivity contribution in [2.45, 2.75) is 13.8 Å². The van der Waals surface area contributed by atoms with Crippen LogP contribution in [0.15, 0.2) is 48.5 Å². The molecule has 16 heavy (non-hydrogen) atoms. The number of para-hydroxylation sites is 1. The minimum Gasteiger partial charge on any atom is -0.508 e. The van der Waals surface area contributed by atoms with E-state index in [4.69, 9.17) is 10.8 Å². The first kappa shape index (κ1) is 12.1. The number of nitrogen functional groups attached to an aromatic ring is 1. The maximum atomic E-state index is 8.63. The molecule has 0 bridgehead atoms. The third kappa shape index (κ3) is 4.05. The molecule has 0 saturated carbocycles. The molecular weight excluding hydrogens is 198 g/mol. The fraction of sp³-hybridized carbons (Fsp3) is 0.143. The normalized spacial score (nSPS) is 9.12. The molecule has 0 saturated heterocycles. The molecule has 0 radical (unpaired) electrons. The third-order valence-corrected chi connectivity index (χ3v) is 2.18. The molecule has 2 nitrogen and oxygen atoms in total. The summed E-state index contributed by atoms with van der Waals surface area (Å²) in [5, 5.41) is 8.63. The molecule has 0 atom stereocenters. The van der Waals surface area contributed by atoms with Gasteiger partial charge in [0.2, 0.25) is 0 Å². The van der Waals surface area contributed by atoms with E-state index in [-0.39, 0.29) is 0 Å². The minimum absolute atomic E-state index is 0.322. The molecule has 3 N–H and O–H groups in total. The van der Waals surface area contributed by atoms with Gasteiger partial charge >= 0.3 is 0 Å². The van der Waals surface area contributed by atoms with Crippen LogP contribution in [0.5, 0.6) is 5.75 Å². The van der Waals surface area contributed by atoms with Crippen LogP contribution >= 0.6 is 0 Å². The van der Waals surface area contributed by atoms with E-state index in [2.05, 4.69) is 13.0 Å². The number of phenols is 1. The van der Waals surface area contributed by atoms with Crippen LogP contribution in [0.4, 0.5) is 5.69 Å². The molecule has 2 heteroatoms. The monoisotopic (exact) mass is 215 g/mol. The molecule has 0 spiro atoms. The van der Waals surface area contributed by atoms with E-state index in [1.165, 1.54) is 5.56 Å². The highest BCUT2D eigenvalue weighted by molar-refractivity contribution is 5.47. The number of aromatic hydroxyl groups is 1. The quantitative estimate of drug-likeness (QED) is 0.662. The average molecular weight is 215 g/mol. The van der Waals surface area contributed by atoms with Gasteiger partial charge < -0.3 is 10.8 Å². The van der Waals surface area contributed by atoms with Gasteiger partial charge in [0.15, 0.2) is 0 Å². The Hall–Kier alpha value is -1.96. The van der Waals surface area contributed by atoms with E-state index in [0.717, 1.165) is 11.3 Å². The lowest BCUT2D eigenvalue weighted by molar-refractivity contribution is 0.475. The van der Waals surface area contributed by atoms with Crippen LogP contribution in [0.3, 0.4) is 0 Å². The Morgan fingerprint density at radius 1 is 0.938 bits per heavy atom. The first-order chi connectivity index (χ1) is 7.59. The number of aryl methyl sites for hydroxylation is 2. The lowest BCUT2D eigenvalue weighted by atomic mass is 10.1. The Balaban J connectivity index is 0.000000165. The van der Waals surface area contributed by atoms with Crippen LogP contribution in [-0.4, -0.2) is 5.11 Å². The highest BCUT2D eigenvalue weighted by Crippen LogP contribution is 2.10. The Labute approximate surface area is 96.4 Å². The van der Waals surface area contributed by atoms with Crippen LogP contribution in [0.25, 0.3) is 0 Å². The Bertz CT molecular complexity index is 438. The topological polar surface area (TPSA) is 46.2 Å². The van der Waals surface area contributed by atoms with E-state index < -0.39 is 0 Å². The van der Waals surface area contributed by atoms with Gasteiger partial charge in [0, 0.05) is 5.69 Å². The molecule has 2 aromatic rings. The molecule has 2 aromatic carbocycles. The highest BCUT2D eigenvalue weighted by atomic mass is 16.3. The Morgan fingerprint density at radius 2 is 1.56 bits per heavy atom. The van der Waals surface area contributed by atoms with Gasteiger partial charge in [-0.15, -0.1) is 0 Å². The molecule has 0 heterocycles. The van der Waals surface area contributed by atoms with E-state index >= 15 is 0 Å². The number of benzene rings is 2. The first-order valence-corrected chi connectivity index (χ1v) is 5.16. The summed E-state index contributed by atoms with van der Waals surface area (Å²) in [7, 11) is 0. The zero-order valence-corrected chi connectivity index (χ0v) is 9.64. The van der Waals surface area contributed by atoms with Gasteiger partial charge in [-0.3, -0.25) is 0 Å². The molecule has 0 aromatic heterocycles. The minimum atomic E-state index is 0.322. The van der Waals surface area contributed by atoms with Crippen molar-refractivity contribution in [1.82, 2.24) is 0 Å². The fourth-order valence-electron chi connectivity index (χ4n) is 1.25. The second kappa shape index (κ2) is 5.81. The highest BCUT2D eigenvalue weighted by Gasteiger charge is 1.89. The molecule has 0 amide bonds. The van der Waals surface area contributed by atoms with Crippen LogP contribution < -0.4 is 5.73 Å². The van der Waals surface area contributed by atoms with Gasteiger partial charge in [0.25, 0.3) is 0 Å². The molecule has 0 aliphatic heterocycles. The number of hydrogen-bond donors (Lipinski definition) is 2. The van der Waals surface area contributed by atoms with Gasteiger partial charge in [-0.05, 0) is 37.6 Å². The van der Waals surface area contributed by atoms with Gasteiger partial charge in [-0.25, -0.2) is 0 Å². The van der Waals surface area contributed by atoms with Gasteiger partial charge in [0.05, 0.1) is 0 Å². The van der Waals surface area contributed by atoms with Crippen molar-refractivity contribution < 1.29 is 5.11 Å². The molecule has 84 valence electrons. The van der Waals surface area contributed by atoms with Crippen LogP contribution in [0.2, 0.25) is 0 Å². The molecule has 0 unspecified atom stereocenters. The van der Waals surface area contributed by atoms with Crippen LogP contribution in [0, 0.1) is 13.8 Å². The summed E-state index contributed by atoms with van der Waals surface area (Å²) in [5.41, 5.74) is 8.89. The summed E-state index contributed by atoms with van der Waals surface area (Å²) in [6.45, 7) is 4.08. The van der Waals surface area contributed by atoms with E-state index in [1.807, 2.05) is 25.1 Å². The fourth-order valence-corrected chi connectivity index (χ4v) is 1.25. The van der Waals surface area contributed by atoms with Crippen molar-refractivity contribution >= 4 is 5.69 Å². The summed E-state index contributed by atoms with van der Waals surface area (Å²) in [4.78, 5) is 0. The van der Waals surface area contributed by atoms with E-state index in [9.17, 15) is 0 Å². The summed E-state index contributed by atoms with van der Waals surface area (Å²) in [6.07, 6.45) is 0. The zero-order valence-electron chi connectivity index (χ0n) is 9.64. The lowest BCUT2D eigenvalue weighted by Crippen LogP contribution is -1.88. The number of rotatable bonds is 0. The maximum absolute atomic E-state index is 8.63. The van der Waals surface area contributed by atoms with Crippen molar-refractivity contribution in [3.8, 4) is 5.75 Å². The Kier molecular flexibility index (Phi) is 4.40. The standard InChI is InChI=1S/C8H11N.C6H6O/c1-6-3-4-8(9)7(2)5-6;7-6-4-2-1-3-5-6/h3-5H,9H2,1-2H3;1-5,7H. The van der Waals surface area contributed by atoms with Crippen LogP contribution in [0.1, 0.15) is 11.1 Å². The second-order valence-electron chi connectivity index (χ2n) is 3.70. The molecule has 0 aliphatic carbocycles. The molecule has 0 aliphatic rings. The zero-order chi connectivity index (χ0) is 12.0. The van der Waals surface area contributed by atoms with Crippen LogP contribution in [-0.2, 0) is 0 Å². The van der Waals surface area contributed by atoms with Gasteiger partial charge in [-0.2, -0.15) is 0 Å². The summed E-state index contributed by atoms with van der Waals surface area (Å²) < 4.78 is 0. The van der Waals surface area contributed by atoms with E-state index in [1.54, 1.807) is 24.3 Å². The van der Waals surface area contributed by atoms with Gasteiger partial charge in [-0.1, -0.05) is 35.9 Å². The number of hydrogen-bond acceptors (Lipinski definition) is 2. The van der Waals surface area contributed by atoms with Crippen molar-refractivity contribution in [3.63, 3.8) is 0 Å². The van der Waals surface area contributed by atoms with Gasteiger partial charge in [0.1, 0.15) is 5.75 Å². The third-order valence-electron chi connectivity index (χ3n) is 2.18. The molecule has 0 fully saturated rings. The summed E-state index contributed by atoms with van der Waals surface area (Å²) in [6, 6.07) is 14.7. The number of phenolic OH excluding ortho intramolecular Hbond substituents is 1. The predicted octanol–water partition coefficient (Wildman–Crippen LogP) is 3.28. The van der Waals surface area contributed by atoms with Crippen molar-refractivity contribution in [3.05, 3.63) is 59.7 Å².